The molecule has 0 aliphatic rings. The van der Waals surface area contributed by atoms with E-state index in [4.69, 9.17) is 14.2 Å². The summed E-state index contributed by atoms with van der Waals surface area (Å²) in [5, 5.41) is 0. The number of Topliss-reactive ketones (excluding diaryl/α,β-unsaturated/α-hetero) is 1. The lowest BCUT2D eigenvalue weighted by atomic mass is 10.0. The van der Waals surface area contributed by atoms with Crippen LogP contribution in [0.5, 0.6) is 11.5 Å². The molecule has 0 bridgehead atoms. The van der Waals surface area contributed by atoms with E-state index in [9.17, 15) is 4.79 Å². The molecule has 4 heteroatoms. The van der Waals surface area contributed by atoms with Crippen LogP contribution in [0.2, 0.25) is 0 Å². The minimum Gasteiger partial charge on any atom is -0.493 e. The summed E-state index contributed by atoms with van der Waals surface area (Å²) in [6.07, 6.45) is 0.340. The van der Waals surface area contributed by atoms with Crippen molar-refractivity contribution in [3.8, 4) is 11.5 Å². The molecule has 0 aliphatic heterocycles. The van der Waals surface area contributed by atoms with Crippen LogP contribution in [-0.4, -0.2) is 27.1 Å². The van der Waals surface area contributed by atoms with Gasteiger partial charge in [-0.3, -0.25) is 4.79 Å². The van der Waals surface area contributed by atoms with Gasteiger partial charge in [-0.25, -0.2) is 0 Å². The van der Waals surface area contributed by atoms with Crippen LogP contribution in [-0.2, 0) is 22.6 Å². The molecule has 0 spiro atoms. The summed E-state index contributed by atoms with van der Waals surface area (Å²) < 4.78 is 15.7. The molecule has 0 aliphatic carbocycles. The Labute approximate surface area is 101 Å². The summed E-state index contributed by atoms with van der Waals surface area (Å²) in [5.74, 6) is 1.33. The van der Waals surface area contributed by atoms with Crippen molar-refractivity contribution in [3.05, 3.63) is 23.3 Å². The van der Waals surface area contributed by atoms with E-state index in [1.165, 1.54) is 0 Å². The highest BCUT2D eigenvalue weighted by Crippen LogP contribution is 2.35. The van der Waals surface area contributed by atoms with Crippen molar-refractivity contribution in [2.24, 2.45) is 0 Å². The fourth-order valence-corrected chi connectivity index (χ4v) is 1.77. The maximum absolute atomic E-state index is 11.2. The Morgan fingerprint density at radius 1 is 1.06 bits per heavy atom. The Morgan fingerprint density at radius 2 is 1.59 bits per heavy atom. The Balaban J connectivity index is 3.21. The summed E-state index contributed by atoms with van der Waals surface area (Å²) in [5.41, 5.74) is 1.73. The van der Waals surface area contributed by atoms with E-state index in [1.54, 1.807) is 28.3 Å². The first-order chi connectivity index (χ1) is 8.13. The van der Waals surface area contributed by atoms with Gasteiger partial charge in [0.05, 0.1) is 20.8 Å². The topological polar surface area (TPSA) is 44.8 Å². The maximum atomic E-state index is 11.2. The lowest BCUT2D eigenvalue weighted by Gasteiger charge is -2.15. The normalized spacial score (nSPS) is 10.1. The van der Waals surface area contributed by atoms with Crippen molar-refractivity contribution in [3.63, 3.8) is 0 Å². The molecule has 4 nitrogen and oxygen atoms in total. The van der Waals surface area contributed by atoms with Crippen molar-refractivity contribution >= 4 is 5.78 Å². The first-order valence-electron chi connectivity index (χ1n) is 5.35. The second-order valence-electron chi connectivity index (χ2n) is 3.76. The monoisotopic (exact) mass is 238 g/mol. The zero-order chi connectivity index (χ0) is 12.8. The van der Waals surface area contributed by atoms with Crippen LogP contribution in [0.1, 0.15) is 18.1 Å². The Kier molecular flexibility index (Phi) is 4.97. The van der Waals surface area contributed by atoms with Crippen molar-refractivity contribution in [1.29, 1.82) is 0 Å². The summed E-state index contributed by atoms with van der Waals surface area (Å²) in [4.78, 5) is 11.2. The molecule has 0 saturated carbocycles. The summed E-state index contributed by atoms with van der Waals surface area (Å²) in [7, 11) is 4.77. The van der Waals surface area contributed by atoms with Crippen LogP contribution < -0.4 is 9.47 Å². The van der Waals surface area contributed by atoms with Crippen molar-refractivity contribution in [1.82, 2.24) is 0 Å². The molecular formula is C13H18O4. The standard InChI is InChI=1S/C13H18O4/c1-9(14)7-10-5-6-11(8-15-2)13(17-4)12(10)16-3/h5-6H,7-8H2,1-4H3. The summed E-state index contributed by atoms with van der Waals surface area (Å²) in [6.45, 7) is 1.99. The predicted octanol–water partition coefficient (Wildman–Crippen LogP) is 1.98. The third-order valence-electron chi connectivity index (χ3n) is 2.42. The van der Waals surface area contributed by atoms with Crippen LogP contribution in [0.3, 0.4) is 0 Å². The van der Waals surface area contributed by atoms with Crippen molar-refractivity contribution in [2.75, 3.05) is 21.3 Å². The second kappa shape index (κ2) is 6.25. The van der Waals surface area contributed by atoms with E-state index in [0.29, 0.717) is 24.5 Å². The minimum absolute atomic E-state index is 0.0878. The number of hydrogen-bond acceptors (Lipinski definition) is 4. The number of carbonyl (C=O) groups is 1. The van der Waals surface area contributed by atoms with Crippen LogP contribution in [0.25, 0.3) is 0 Å². The number of rotatable bonds is 6. The first kappa shape index (κ1) is 13.5. The van der Waals surface area contributed by atoms with E-state index in [0.717, 1.165) is 11.1 Å². The van der Waals surface area contributed by atoms with Crippen LogP contribution in [0.4, 0.5) is 0 Å². The van der Waals surface area contributed by atoms with Gasteiger partial charge in [-0.1, -0.05) is 12.1 Å². The lowest BCUT2D eigenvalue weighted by molar-refractivity contribution is -0.116. The number of benzene rings is 1. The van der Waals surface area contributed by atoms with Crippen LogP contribution in [0.15, 0.2) is 12.1 Å². The molecule has 0 fully saturated rings. The minimum atomic E-state index is 0.0878. The Hall–Kier alpha value is -1.55. The summed E-state index contributed by atoms with van der Waals surface area (Å²) in [6, 6.07) is 3.76. The molecule has 0 N–H and O–H groups in total. The first-order valence-corrected chi connectivity index (χ1v) is 5.35. The van der Waals surface area contributed by atoms with Crippen LogP contribution >= 0.6 is 0 Å². The van der Waals surface area contributed by atoms with E-state index in [-0.39, 0.29) is 5.78 Å². The number of ether oxygens (including phenoxy) is 3. The summed E-state index contributed by atoms with van der Waals surface area (Å²) >= 11 is 0. The van der Waals surface area contributed by atoms with Gasteiger partial charge in [0, 0.05) is 24.7 Å². The lowest BCUT2D eigenvalue weighted by Crippen LogP contribution is -2.04. The smallest absolute Gasteiger partial charge is 0.166 e. The Bertz CT molecular complexity index is 399. The number of methoxy groups -OCH3 is 3. The number of hydrogen-bond donors (Lipinski definition) is 0. The highest BCUT2D eigenvalue weighted by Gasteiger charge is 2.15. The fourth-order valence-electron chi connectivity index (χ4n) is 1.77. The van der Waals surface area contributed by atoms with Gasteiger partial charge in [0.25, 0.3) is 0 Å². The highest BCUT2D eigenvalue weighted by atomic mass is 16.5. The molecule has 0 radical (unpaired) electrons. The van der Waals surface area contributed by atoms with Gasteiger partial charge < -0.3 is 14.2 Å². The Morgan fingerprint density at radius 3 is 2.06 bits per heavy atom. The molecule has 1 rings (SSSR count). The van der Waals surface area contributed by atoms with Gasteiger partial charge in [0.2, 0.25) is 0 Å². The SMILES string of the molecule is COCc1ccc(CC(C)=O)c(OC)c1OC. The average molecular weight is 238 g/mol. The third kappa shape index (κ3) is 3.20. The molecule has 17 heavy (non-hydrogen) atoms. The van der Waals surface area contributed by atoms with Crippen molar-refractivity contribution in [2.45, 2.75) is 20.0 Å². The molecule has 0 heterocycles. The fraction of sp³-hybridized carbons (Fsp3) is 0.462. The van der Waals surface area contributed by atoms with Gasteiger partial charge in [0.1, 0.15) is 5.78 Å². The van der Waals surface area contributed by atoms with E-state index in [1.807, 2.05) is 12.1 Å². The van der Waals surface area contributed by atoms with Gasteiger partial charge in [-0.2, -0.15) is 0 Å². The van der Waals surface area contributed by atoms with Gasteiger partial charge in [-0.15, -0.1) is 0 Å². The molecular weight excluding hydrogens is 220 g/mol. The number of ketones is 1. The highest BCUT2D eigenvalue weighted by molar-refractivity contribution is 5.79. The molecule has 1 aromatic rings. The van der Waals surface area contributed by atoms with Crippen LogP contribution in [0, 0.1) is 0 Å². The van der Waals surface area contributed by atoms with E-state index < -0.39 is 0 Å². The van der Waals surface area contributed by atoms with E-state index in [2.05, 4.69) is 0 Å². The van der Waals surface area contributed by atoms with Gasteiger partial charge in [-0.05, 0) is 6.92 Å². The molecule has 0 atom stereocenters. The maximum Gasteiger partial charge on any atom is 0.166 e. The second-order valence-corrected chi connectivity index (χ2v) is 3.76. The van der Waals surface area contributed by atoms with Crippen molar-refractivity contribution < 1.29 is 19.0 Å². The average Bonchev–Trinajstić information content (AvgIpc) is 2.30. The quantitative estimate of drug-likeness (QED) is 0.760. The molecule has 94 valence electrons. The largest absolute Gasteiger partial charge is 0.493 e. The molecule has 0 amide bonds. The van der Waals surface area contributed by atoms with Gasteiger partial charge in [0.15, 0.2) is 11.5 Å². The molecule has 0 saturated heterocycles. The zero-order valence-corrected chi connectivity index (χ0v) is 10.7. The number of carbonyl (C=O) groups excluding carboxylic acids is 1. The van der Waals surface area contributed by atoms with Gasteiger partial charge >= 0.3 is 0 Å². The third-order valence-corrected chi connectivity index (χ3v) is 2.42. The zero-order valence-electron chi connectivity index (χ0n) is 10.7. The molecule has 1 aromatic carbocycles. The van der Waals surface area contributed by atoms with E-state index >= 15 is 0 Å². The molecule has 0 unspecified atom stereocenters. The predicted molar refractivity (Wildman–Crippen MR) is 64.6 cm³/mol. The molecule has 0 aromatic heterocycles.